The average molecular weight is 468 g/mol. The molecular formula is C19H21IN2O4. The lowest BCUT2D eigenvalue weighted by Gasteiger charge is -2.18. The molecular weight excluding hydrogens is 447 g/mol. The third-order valence-electron chi connectivity index (χ3n) is 3.79. The third-order valence-corrected chi connectivity index (χ3v) is 4.63. The molecule has 1 atom stereocenters. The number of carbonyl (C=O) groups excluding carboxylic acids is 2. The standard InChI is InChI=1S/C19H21IN2O4/c1-11-6-5-7-12(2)17(11)26-13(3)18(23)21-22-19(24)14-8-9-16(25-4)15(20)10-14/h5-10,13H,1-4H3,(H,21,23)(H,22,24). The number of hydrazine groups is 1. The number of carbonyl (C=O) groups is 2. The number of hydrogen-bond donors (Lipinski definition) is 2. The van der Waals surface area contributed by atoms with Gasteiger partial charge in [-0.05, 0) is 72.7 Å². The number of aryl methyl sites for hydroxylation is 2. The van der Waals surface area contributed by atoms with Crippen LogP contribution >= 0.6 is 22.6 Å². The molecule has 0 aliphatic rings. The van der Waals surface area contributed by atoms with E-state index in [-0.39, 0.29) is 0 Å². The maximum absolute atomic E-state index is 12.2. The van der Waals surface area contributed by atoms with Crippen LogP contribution in [-0.2, 0) is 4.79 Å². The minimum absolute atomic E-state index is 0.416. The van der Waals surface area contributed by atoms with Crippen LogP contribution in [-0.4, -0.2) is 25.0 Å². The highest BCUT2D eigenvalue weighted by Gasteiger charge is 2.18. The lowest BCUT2D eigenvalue weighted by molar-refractivity contribution is -0.128. The summed E-state index contributed by atoms with van der Waals surface area (Å²) in [5.41, 5.74) is 7.09. The van der Waals surface area contributed by atoms with Crippen LogP contribution in [0.1, 0.15) is 28.4 Å². The topological polar surface area (TPSA) is 76.7 Å². The summed E-state index contributed by atoms with van der Waals surface area (Å²) in [6.07, 6.45) is -0.758. The van der Waals surface area contributed by atoms with E-state index in [2.05, 4.69) is 33.4 Å². The number of ether oxygens (including phenoxy) is 2. The Morgan fingerprint density at radius 3 is 2.31 bits per heavy atom. The Bertz CT molecular complexity index is 803. The fourth-order valence-corrected chi connectivity index (χ4v) is 3.05. The van der Waals surface area contributed by atoms with E-state index in [1.807, 2.05) is 32.0 Å². The van der Waals surface area contributed by atoms with Crippen LogP contribution in [0.25, 0.3) is 0 Å². The number of amides is 2. The molecule has 26 heavy (non-hydrogen) atoms. The van der Waals surface area contributed by atoms with Crippen LogP contribution in [0.4, 0.5) is 0 Å². The summed E-state index contributed by atoms with van der Waals surface area (Å²) in [4.78, 5) is 24.4. The molecule has 2 N–H and O–H groups in total. The van der Waals surface area contributed by atoms with Gasteiger partial charge in [0.1, 0.15) is 11.5 Å². The Labute approximate surface area is 166 Å². The molecule has 0 heterocycles. The van der Waals surface area contributed by atoms with Crippen molar-refractivity contribution in [1.82, 2.24) is 10.9 Å². The van der Waals surface area contributed by atoms with E-state index >= 15 is 0 Å². The second-order valence-electron chi connectivity index (χ2n) is 5.77. The van der Waals surface area contributed by atoms with Crippen molar-refractivity contribution in [2.45, 2.75) is 26.9 Å². The molecule has 0 radical (unpaired) electrons. The first-order chi connectivity index (χ1) is 12.3. The summed E-state index contributed by atoms with van der Waals surface area (Å²) in [5.74, 6) is 0.496. The van der Waals surface area contributed by atoms with E-state index in [9.17, 15) is 9.59 Å². The minimum Gasteiger partial charge on any atom is -0.496 e. The van der Waals surface area contributed by atoms with Gasteiger partial charge in [-0.3, -0.25) is 20.4 Å². The number of benzene rings is 2. The third kappa shape index (κ3) is 4.87. The lowest BCUT2D eigenvalue weighted by atomic mass is 10.1. The monoisotopic (exact) mass is 468 g/mol. The minimum atomic E-state index is -0.758. The molecule has 2 amide bonds. The zero-order valence-corrected chi connectivity index (χ0v) is 17.2. The number of rotatable bonds is 5. The molecule has 0 spiro atoms. The SMILES string of the molecule is COc1ccc(C(=O)NNC(=O)C(C)Oc2c(C)cccc2C)cc1I. The average Bonchev–Trinajstić information content (AvgIpc) is 2.62. The van der Waals surface area contributed by atoms with Gasteiger partial charge in [0.15, 0.2) is 6.10 Å². The van der Waals surface area contributed by atoms with Gasteiger partial charge in [0.05, 0.1) is 10.7 Å². The molecule has 0 saturated heterocycles. The Balaban J connectivity index is 1.95. The predicted molar refractivity (Wildman–Crippen MR) is 107 cm³/mol. The molecule has 7 heteroatoms. The molecule has 0 aromatic heterocycles. The Morgan fingerprint density at radius 1 is 1.08 bits per heavy atom. The normalized spacial score (nSPS) is 11.4. The number of methoxy groups -OCH3 is 1. The van der Waals surface area contributed by atoms with Crippen LogP contribution in [0.3, 0.4) is 0 Å². The van der Waals surface area contributed by atoms with E-state index < -0.39 is 17.9 Å². The van der Waals surface area contributed by atoms with Crippen molar-refractivity contribution in [1.29, 1.82) is 0 Å². The van der Waals surface area contributed by atoms with E-state index in [0.29, 0.717) is 17.1 Å². The predicted octanol–water partition coefficient (Wildman–Crippen LogP) is 3.15. The van der Waals surface area contributed by atoms with E-state index in [1.54, 1.807) is 32.2 Å². The number of nitrogens with one attached hydrogen (secondary N) is 2. The summed E-state index contributed by atoms with van der Waals surface area (Å²) in [6, 6.07) is 10.8. The van der Waals surface area contributed by atoms with E-state index in [1.165, 1.54) is 0 Å². The first-order valence-corrected chi connectivity index (χ1v) is 9.08. The van der Waals surface area contributed by atoms with Crippen LogP contribution in [0.2, 0.25) is 0 Å². The van der Waals surface area contributed by atoms with Crippen LogP contribution in [0.15, 0.2) is 36.4 Å². The molecule has 0 fully saturated rings. The van der Waals surface area contributed by atoms with E-state index in [4.69, 9.17) is 9.47 Å². The highest BCUT2D eigenvalue weighted by Crippen LogP contribution is 2.23. The lowest BCUT2D eigenvalue weighted by Crippen LogP contribution is -2.47. The molecule has 1 unspecified atom stereocenters. The summed E-state index contributed by atoms with van der Waals surface area (Å²) in [5, 5.41) is 0. The van der Waals surface area contributed by atoms with Gasteiger partial charge < -0.3 is 9.47 Å². The van der Waals surface area contributed by atoms with Crippen molar-refractivity contribution < 1.29 is 19.1 Å². The van der Waals surface area contributed by atoms with Crippen LogP contribution < -0.4 is 20.3 Å². The van der Waals surface area contributed by atoms with Crippen molar-refractivity contribution in [2.24, 2.45) is 0 Å². The van der Waals surface area contributed by atoms with Gasteiger partial charge in [0.25, 0.3) is 11.8 Å². The number of para-hydroxylation sites is 1. The molecule has 138 valence electrons. The fraction of sp³-hybridized carbons (Fsp3) is 0.263. The number of hydrogen-bond acceptors (Lipinski definition) is 4. The van der Waals surface area contributed by atoms with Gasteiger partial charge in [-0.2, -0.15) is 0 Å². The molecule has 6 nitrogen and oxygen atoms in total. The van der Waals surface area contributed by atoms with Crippen LogP contribution in [0, 0.1) is 17.4 Å². The summed E-state index contributed by atoms with van der Waals surface area (Å²) >= 11 is 2.08. The second kappa shape index (κ2) is 8.88. The Morgan fingerprint density at radius 2 is 1.73 bits per heavy atom. The second-order valence-corrected chi connectivity index (χ2v) is 6.94. The largest absolute Gasteiger partial charge is 0.496 e. The summed E-state index contributed by atoms with van der Waals surface area (Å²) in [6.45, 7) is 5.46. The van der Waals surface area contributed by atoms with Gasteiger partial charge in [-0.25, -0.2) is 0 Å². The summed E-state index contributed by atoms with van der Waals surface area (Å²) in [7, 11) is 1.56. The molecule has 0 aliphatic heterocycles. The molecule has 0 aliphatic carbocycles. The molecule has 2 aromatic carbocycles. The Kier molecular flexibility index (Phi) is 6.84. The maximum Gasteiger partial charge on any atom is 0.279 e. The highest BCUT2D eigenvalue weighted by atomic mass is 127. The smallest absolute Gasteiger partial charge is 0.279 e. The van der Waals surface area contributed by atoms with Gasteiger partial charge in [0.2, 0.25) is 0 Å². The first-order valence-electron chi connectivity index (χ1n) is 8.00. The molecule has 0 saturated carbocycles. The number of halogens is 1. The van der Waals surface area contributed by atoms with Gasteiger partial charge in [0, 0.05) is 5.56 Å². The zero-order chi connectivity index (χ0) is 19.3. The Hall–Kier alpha value is -2.29. The highest BCUT2D eigenvalue weighted by molar-refractivity contribution is 14.1. The quantitative estimate of drug-likeness (QED) is 0.523. The fourth-order valence-electron chi connectivity index (χ4n) is 2.32. The van der Waals surface area contributed by atoms with Crippen molar-refractivity contribution >= 4 is 34.4 Å². The molecule has 2 rings (SSSR count). The molecule has 0 bridgehead atoms. The van der Waals surface area contributed by atoms with Crippen molar-refractivity contribution in [3.05, 3.63) is 56.7 Å². The van der Waals surface area contributed by atoms with Crippen molar-refractivity contribution in [2.75, 3.05) is 7.11 Å². The first kappa shape index (κ1) is 20.0. The summed E-state index contributed by atoms with van der Waals surface area (Å²) < 4.78 is 11.7. The van der Waals surface area contributed by atoms with Crippen LogP contribution in [0.5, 0.6) is 11.5 Å². The zero-order valence-electron chi connectivity index (χ0n) is 15.1. The van der Waals surface area contributed by atoms with Crippen molar-refractivity contribution in [3.63, 3.8) is 0 Å². The van der Waals surface area contributed by atoms with Gasteiger partial charge >= 0.3 is 0 Å². The van der Waals surface area contributed by atoms with E-state index in [0.717, 1.165) is 14.7 Å². The maximum atomic E-state index is 12.2. The molecule has 2 aromatic rings. The van der Waals surface area contributed by atoms with Crippen molar-refractivity contribution in [3.8, 4) is 11.5 Å². The van der Waals surface area contributed by atoms with Gasteiger partial charge in [-0.15, -0.1) is 0 Å². The van der Waals surface area contributed by atoms with Gasteiger partial charge in [-0.1, -0.05) is 18.2 Å².